The number of H-pyrrole nitrogens is 1. The first-order valence-corrected chi connectivity index (χ1v) is 11.9. The summed E-state index contributed by atoms with van der Waals surface area (Å²) >= 11 is 0. The summed E-state index contributed by atoms with van der Waals surface area (Å²) in [4.78, 5) is 23.2. The van der Waals surface area contributed by atoms with Gasteiger partial charge in [-0.2, -0.15) is 15.4 Å². The van der Waals surface area contributed by atoms with Gasteiger partial charge in [-0.15, -0.1) is 10.2 Å². The monoisotopic (exact) mass is 471 g/mol. The number of nitrogens with one attached hydrogen (secondary N) is 2. The molecule has 6 rings (SSSR count). The first-order chi connectivity index (χ1) is 17.2. The van der Waals surface area contributed by atoms with E-state index in [-0.39, 0.29) is 5.91 Å². The summed E-state index contributed by atoms with van der Waals surface area (Å²) in [6.07, 6.45) is 7.62. The van der Waals surface area contributed by atoms with Crippen molar-refractivity contribution in [1.29, 1.82) is 0 Å². The van der Waals surface area contributed by atoms with Crippen LogP contribution in [-0.2, 0) is 37.0 Å². The molecule has 0 fully saturated rings. The Morgan fingerprint density at radius 2 is 1.86 bits per heavy atom. The van der Waals surface area contributed by atoms with Gasteiger partial charge < -0.3 is 14.6 Å². The maximum atomic E-state index is 12.5. The van der Waals surface area contributed by atoms with Crippen LogP contribution < -0.4 is 5.32 Å². The van der Waals surface area contributed by atoms with Gasteiger partial charge in [0.15, 0.2) is 0 Å². The highest BCUT2D eigenvalue weighted by Crippen LogP contribution is 2.24. The van der Waals surface area contributed by atoms with Crippen LogP contribution in [0.4, 0.5) is 5.95 Å². The van der Waals surface area contributed by atoms with Crippen LogP contribution in [0.25, 0.3) is 11.5 Å². The molecule has 3 aromatic heterocycles. The van der Waals surface area contributed by atoms with Crippen LogP contribution in [0.15, 0.2) is 41.1 Å². The molecule has 0 atom stereocenters. The molecule has 11 nitrogen and oxygen atoms in total. The molecule has 0 saturated carbocycles. The fourth-order valence-electron chi connectivity index (χ4n) is 4.69. The third-order valence-electron chi connectivity index (χ3n) is 6.55. The number of amides is 1. The Kier molecular flexibility index (Phi) is 5.65. The van der Waals surface area contributed by atoms with Crippen LogP contribution in [0.2, 0.25) is 0 Å². The van der Waals surface area contributed by atoms with E-state index in [9.17, 15) is 4.79 Å². The van der Waals surface area contributed by atoms with Gasteiger partial charge in [0.05, 0.1) is 17.8 Å². The summed E-state index contributed by atoms with van der Waals surface area (Å²) in [5.74, 6) is 1.55. The molecular formula is C24H25N9O2. The lowest BCUT2D eigenvalue weighted by atomic mass is 10.1. The Morgan fingerprint density at radius 1 is 1.09 bits per heavy atom. The molecule has 4 aromatic rings. The van der Waals surface area contributed by atoms with Crippen LogP contribution >= 0.6 is 0 Å². The van der Waals surface area contributed by atoms with Gasteiger partial charge in [-0.3, -0.25) is 4.79 Å². The van der Waals surface area contributed by atoms with Crippen LogP contribution in [0.3, 0.4) is 0 Å². The maximum Gasteiger partial charge on any atom is 0.250 e. The minimum Gasteiger partial charge on any atom is -0.421 e. The van der Waals surface area contributed by atoms with E-state index in [1.165, 1.54) is 11.1 Å². The number of carbonyl (C=O) groups excluding carboxylic acids is 1. The number of hydrogen-bond acceptors (Lipinski definition) is 9. The Hall–Kier alpha value is -4.15. The van der Waals surface area contributed by atoms with Gasteiger partial charge >= 0.3 is 0 Å². The van der Waals surface area contributed by atoms with Crippen molar-refractivity contribution >= 4 is 11.9 Å². The van der Waals surface area contributed by atoms with Crippen LogP contribution in [0.1, 0.15) is 41.2 Å². The van der Waals surface area contributed by atoms with E-state index in [2.05, 4.69) is 65.2 Å². The zero-order chi connectivity index (χ0) is 23.6. The topological polar surface area (TPSA) is 139 Å². The first kappa shape index (κ1) is 21.4. The third kappa shape index (κ3) is 4.61. The summed E-state index contributed by atoms with van der Waals surface area (Å²) in [7, 11) is 0. The van der Waals surface area contributed by atoms with E-state index in [0.29, 0.717) is 61.7 Å². The molecule has 0 unspecified atom stereocenters. The van der Waals surface area contributed by atoms with Gasteiger partial charge in [0.2, 0.25) is 17.7 Å². The zero-order valence-corrected chi connectivity index (χ0v) is 19.1. The molecule has 2 N–H and O–H groups in total. The fraction of sp³-hybridized carbons (Fsp3) is 0.375. The van der Waals surface area contributed by atoms with Gasteiger partial charge in [-0.1, -0.05) is 24.3 Å². The molecule has 11 heteroatoms. The molecule has 0 radical (unpaired) electrons. The summed E-state index contributed by atoms with van der Waals surface area (Å²) < 4.78 is 5.78. The maximum absolute atomic E-state index is 12.5. The number of hydrogen-bond donors (Lipinski definition) is 2. The van der Waals surface area contributed by atoms with Crippen LogP contribution in [-0.4, -0.2) is 59.0 Å². The predicted molar refractivity (Wildman–Crippen MR) is 125 cm³/mol. The summed E-state index contributed by atoms with van der Waals surface area (Å²) in [6, 6.07) is 8.78. The second-order valence-electron chi connectivity index (χ2n) is 8.95. The third-order valence-corrected chi connectivity index (χ3v) is 6.55. The smallest absolute Gasteiger partial charge is 0.250 e. The number of nitrogens with zero attached hydrogens (tertiary/aromatic N) is 7. The van der Waals surface area contributed by atoms with E-state index >= 15 is 0 Å². The van der Waals surface area contributed by atoms with E-state index in [1.54, 1.807) is 12.4 Å². The average molecular weight is 472 g/mol. The quantitative estimate of drug-likeness (QED) is 0.415. The van der Waals surface area contributed by atoms with Crippen molar-refractivity contribution < 1.29 is 9.21 Å². The van der Waals surface area contributed by atoms with Gasteiger partial charge in [-0.05, 0) is 30.4 Å². The molecule has 4 heterocycles. The molecule has 178 valence electrons. The van der Waals surface area contributed by atoms with Crippen molar-refractivity contribution in [3.05, 3.63) is 65.1 Å². The molecule has 0 spiro atoms. The highest BCUT2D eigenvalue weighted by atomic mass is 16.4. The Bertz CT molecular complexity index is 1310. The lowest BCUT2D eigenvalue weighted by Crippen LogP contribution is -2.35. The molecule has 1 amide bonds. The zero-order valence-electron chi connectivity index (χ0n) is 19.1. The second kappa shape index (κ2) is 9.24. The molecule has 0 saturated heterocycles. The molecular weight excluding hydrogens is 446 g/mol. The van der Waals surface area contributed by atoms with E-state index in [4.69, 9.17) is 4.42 Å². The minimum atomic E-state index is 0.0974. The Labute approximate surface area is 201 Å². The normalized spacial score (nSPS) is 15.1. The Morgan fingerprint density at radius 3 is 2.66 bits per heavy atom. The number of carbonyl (C=O) groups is 1. The molecule has 1 aliphatic heterocycles. The Balaban J connectivity index is 0.990. The number of aromatic amines is 1. The van der Waals surface area contributed by atoms with Crippen molar-refractivity contribution in [2.24, 2.45) is 0 Å². The van der Waals surface area contributed by atoms with Gasteiger partial charge in [0.25, 0.3) is 5.89 Å². The molecule has 1 aromatic carbocycles. The average Bonchev–Trinajstić information content (AvgIpc) is 3.63. The van der Waals surface area contributed by atoms with Gasteiger partial charge in [-0.25, -0.2) is 9.97 Å². The van der Waals surface area contributed by atoms with Crippen molar-refractivity contribution in [1.82, 2.24) is 40.5 Å². The molecule has 2 aliphatic rings. The largest absolute Gasteiger partial charge is 0.421 e. The predicted octanol–water partition coefficient (Wildman–Crippen LogP) is 2.13. The SMILES string of the molecule is O=C(CCCc1nnc(-c2cnc(NC3Cc4ccccc4C3)nc2)o1)N1CCc2n[nH]nc2C1. The second-order valence-corrected chi connectivity index (χ2v) is 8.95. The van der Waals surface area contributed by atoms with Crippen LogP contribution in [0, 0.1) is 0 Å². The number of benzene rings is 1. The summed E-state index contributed by atoms with van der Waals surface area (Å²) in [5.41, 5.74) is 5.22. The van der Waals surface area contributed by atoms with Crippen molar-refractivity contribution in [2.45, 2.75) is 51.1 Å². The first-order valence-electron chi connectivity index (χ1n) is 11.9. The minimum absolute atomic E-state index is 0.0974. The van der Waals surface area contributed by atoms with Gasteiger partial charge in [0, 0.05) is 44.2 Å². The number of anilines is 1. The van der Waals surface area contributed by atoms with Crippen molar-refractivity contribution in [2.75, 3.05) is 11.9 Å². The van der Waals surface area contributed by atoms with Crippen molar-refractivity contribution in [3.8, 4) is 11.5 Å². The molecule has 1 aliphatic carbocycles. The van der Waals surface area contributed by atoms with Crippen LogP contribution in [0.5, 0.6) is 0 Å². The highest BCUT2D eigenvalue weighted by Gasteiger charge is 2.24. The lowest BCUT2D eigenvalue weighted by molar-refractivity contribution is -0.132. The molecule has 35 heavy (non-hydrogen) atoms. The number of fused-ring (bicyclic) bond motifs is 2. The standard InChI is InChI=1S/C24H25N9O2/c34-22(33-9-8-19-20(14-33)29-32-28-19)7-3-6-21-30-31-23(35-21)17-12-25-24(26-13-17)27-18-10-15-4-1-2-5-16(15)11-18/h1-2,4-5,12-13,18H,3,6-11,14H2,(H,25,26,27)(H,28,29,32). The fourth-order valence-corrected chi connectivity index (χ4v) is 4.69. The number of aryl methyl sites for hydroxylation is 1. The highest BCUT2D eigenvalue weighted by molar-refractivity contribution is 5.76. The lowest BCUT2D eigenvalue weighted by Gasteiger charge is -2.25. The summed E-state index contributed by atoms with van der Waals surface area (Å²) in [6.45, 7) is 1.18. The number of rotatable bonds is 7. The van der Waals surface area contributed by atoms with E-state index in [1.807, 2.05) is 4.90 Å². The number of aromatic nitrogens is 7. The van der Waals surface area contributed by atoms with E-state index < -0.39 is 0 Å². The van der Waals surface area contributed by atoms with Gasteiger partial charge in [0.1, 0.15) is 5.69 Å². The van der Waals surface area contributed by atoms with E-state index in [0.717, 1.165) is 30.7 Å². The summed E-state index contributed by atoms with van der Waals surface area (Å²) in [5, 5.41) is 22.5. The van der Waals surface area contributed by atoms with Crippen molar-refractivity contribution in [3.63, 3.8) is 0 Å². The molecule has 0 bridgehead atoms.